The number of hydrogen-bond acceptors (Lipinski definition) is 5. The Kier molecular flexibility index (Phi) is 2.78. The molecule has 3 aromatic rings. The Balaban J connectivity index is 2.06. The second-order valence-electron chi connectivity index (χ2n) is 4.81. The smallest absolute Gasteiger partial charge is 0.258 e. The molecule has 6 nitrogen and oxygen atoms in total. The monoisotopic (exact) mass is 269 g/mol. The van der Waals surface area contributed by atoms with E-state index in [1.807, 2.05) is 45.3 Å². The average Bonchev–Trinajstić information content (AvgIpc) is 3.02. The number of nitrogens with two attached hydrogens (primary N) is 1. The van der Waals surface area contributed by atoms with Gasteiger partial charge in [0.15, 0.2) is 0 Å². The summed E-state index contributed by atoms with van der Waals surface area (Å²) in [6, 6.07) is 5.61. The molecule has 1 aromatic carbocycles. The summed E-state index contributed by atoms with van der Waals surface area (Å²) in [6.07, 6.45) is 1.83. The summed E-state index contributed by atoms with van der Waals surface area (Å²) in [5, 5.41) is 8.23. The van der Waals surface area contributed by atoms with Gasteiger partial charge in [-0.05, 0) is 43.2 Å². The van der Waals surface area contributed by atoms with E-state index in [2.05, 4.69) is 15.2 Å². The van der Waals surface area contributed by atoms with E-state index in [0.717, 1.165) is 16.7 Å². The highest BCUT2D eigenvalue weighted by atomic mass is 16.5. The van der Waals surface area contributed by atoms with Crippen molar-refractivity contribution < 1.29 is 4.52 Å². The molecule has 0 radical (unpaired) electrons. The first-order chi connectivity index (χ1) is 9.54. The van der Waals surface area contributed by atoms with Gasteiger partial charge in [0.05, 0.1) is 0 Å². The van der Waals surface area contributed by atoms with Crippen molar-refractivity contribution in [2.24, 2.45) is 7.05 Å². The number of aryl methyl sites for hydroxylation is 2. The number of anilines is 1. The molecule has 0 aliphatic heterocycles. The SMILES string of the molecule is Cc1cc(N)cc(-c2nc(-c3ccn(C)n3)no2)c1C. The highest BCUT2D eigenvalue weighted by Gasteiger charge is 2.15. The summed E-state index contributed by atoms with van der Waals surface area (Å²) in [5.74, 6) is 0.929. The van der Waals surface area contributed by atoms with Crippen LogP contribution in [0.3, 0.4) is 0 Å². The molecule has 0 saturated heterocycles. The predicted octanol–water partition coefficient (Wildman–Crippen LogP) is 2.34. The Morgan fingerprint density at radius 3 is 2.75 bits per heavy atom. The van der Waals surface area contributed by atoms with Crippen molar-refractivity contribution in [3.63, 3.8) is 0 Å². The van der Waals surface area contributed by atoms with Crippen LogP contribution in [0.1, 0.15) is 11.1 Å². The van der Waals surface area contributed by atoms with Gasteiger partial charge in [-0.3, -0.25) is 4.68 Å². The maximum absolute atomic E-state index is 5.88. The quantitative estimate of drug-likeness (QED) is 0.722. The fourth-order valence-corrected chi connectivity index (χ4v) is 2.08. The van der Waals surface area contributed by atoms with Crippen molar-refractivity contribution in [3.05, 3.63) is 35.5 Å². The molecule has 2 heterocycles. The third-order valence-electron chi connectivity index (χ3n) is 3.29. The molecule has 0 fully saturated rings. The minimum Gasteiger partial charge on any atom is -0.399 e. The second kappa shape index (κ2) is 4.48. The summed E-state index contributed by atoms with van der Waals surface area (Å²) < 4.78 is 7.03. The minimum atomic E-state index is 0.457. The van der Waals surface area contributed by atoms with Gasteiger partial charge < -0.3 is 10.3 Å². The van der Waals surface area contributed by atoms with Gasteiger partial charge in [-0.15, -0.1) is 0 Å². The molecule has 0 saturated carbocycles. The van der Waals surface area contributed by atoms with Crippen molar-refractivity contribution in [1.29, 1.82) is 0 Å². The van der Waals surface area contributed by atoms with Crippen LogP contribution in [-0.4, -0.2) is 19.9 Å². The first-order valence-electron chi connectivity index (χ1n) is 6.25. The molecule has 6 heteroatoms. The van der Waals surface area contributed by atoms with Crippen LogP contribution in [0.2, 0.25) is 0 Å². The zero-order chi connectivity index (χ0) is 14.3. The lowest BCUT2D eigenvalue weighted by atomic mass is 10.0. The van der Waals surface area contributed by atoms with Gasteiger partial charge in [-0.25, -0.2) is 0 Å². The summed E-state index contributed by atoms with van der Waals surface area (Å²) in [6.45, 7) is 4.01. The largest absolute Gasteiger partial charge is 0.399 e. The zero-order valence-electron chi connectivity index (χ0n) is 11.6. The first kappa shape index (κ1) is 12.4. The second-order valence-corrected chi connectivity index (χ2v) is 4.81. The lowest BCUT2D eigenvalue weighted by molar-refractivity contribution is 0.432. The van der Waals surface area contributed by atoms with E-state index in [-0.39, 0.29) is 0 Å². The minimum absolute atomic E-state index is 0.457. The van der Waals surface area contributed by atoms with Crippen LogP contribution in [0.5, 0.6) is 0 Å². The molecule has 0 atom stereocenters. The van der Waals surface area contributed by atoms with Crippen molar-refractivity contribution in [1.82, 2.24) is 19.9 Å². The lowest BCUT2D eigenvalue weighted by Crippen LogP contribution is -1.93. The maximum atomic E-state index is 5.88. The van der Waals surface area contributed by atoms with Gasteiger partial charge in [0, 0.05) is 24.5 Å². The summed E-state index contributed by atoms with van der Waals surface area (Å²) >= 11 is 0. The number of nitrogen functional groups attached to an aromatic ring is 1. The van der Waals surface area contributed by atoms with Gasteiger partial charge in [0.1, 0.15) is 5.69 Å². The van der Waals surface area contributed by atoms with Gasteiger partial charge in [-0.2, -0.15) is 10.1 Å². The molecule has 102 valence electrons. The van der Waals surface area contributed by atoms with E-state index in [1.165, 1.54) is 0 Å². The Hall–Kier alpha value is -2.63. The third kappa shape index (κ3) is 2.05. The molecule has 0 aliphatic rings. The Morgan fingerprint density at radius 1 is 1.25 bits per heavy atom. The van der Waals surface area contributed by atoms with E-state index in [9.17, 15) is 0 Å². The number of aromatic nitrogens is 4. The van der Waals surface area contributed by atoms with E-state index < -0.39 is 0 Å². The molecular formula is C14H15N5O. The molecular weight excluding hydrogens is 254 g/mol. The number of benzene rings is 1. The van der Waals surface area contributed by atoms with Gasteiger partial charge in [0.2, 0.25) is 5.82 Å². The van der Waals surface area contributed by atoms with Crippen LogP contribution in [-0.2, 0) is 7.05 Å². The van der Waals surface area contributed by atoms with Crippen LogP contribution in [0, 0.1) is 13.8 Å². The summed E-state index contributed by atoms with van der Waals surface area (Å²) in [4.78, 5) is 4.40. The fraction of sp³-hybridized carbons (Fsp3) is 0.214. The molecule has 3 rings (SSSR count). The normalized spacial score (nSPS) is 10.9. The predicted molar refractivity (Wildman–Crippen MR) is 75.8 cm³/mol. The van der Waals surface area contributed by atoms with E-state index in [0.29, 0.717) is 23.1 Å². The van der Waals surface area contributed by atoms with E-state index >= 15 is 0 Å². The Morgan fingerprint density at radius 2 is 2.05 bits per heavy atom. The van der Waals surface area contributed by atoms with Crippen molar-refractivity contribution in [2.75, 3.05) is 5.73 Å². The van der Waals surface area contributed by atoms with Crippen LogP contribution in [0.4, 0.5) is 5.69 Å². The van der Waals surface area contributed by atoms with E-state index in [1.54, 1.807) is 4.68 Å². The molecule has 0 unspecified atom stereocenters. The molecule has 20 heavy (non-hydrogen) atoms. The highest BCUT2D eigenvalue weighted by molar-refractivity contribution is 5.67. The Bertz CT molecular complexity index is 772. The molecule has 2 aromatic heterocycles. The van der Waals surface area contributed by atoms with Crippen molar-refractivity contribution >= 4 is 5.69 Å². The lowest BCUT2D eigenvalue weighted by Gasteiger charge is -2.06. The van der Waals surface area contributed by atoms with Gasteiger partial charge in [0.25, 0.3) is 5.89 Å². The zero-order valence-corrected chi connectivity index (χ0v) is 11.6. The van der Waals surface area contributed by atoms with Crippen LogP contribution in [0.15, 0.2) is 28.9 Å². The van der Waals surface area contributed by atoms with Crippen LogP contribution >= 0.6 is 0 Å². The molecule has 0 amide bonds. The van der Waals surface area contributed by atoms with Gasteiger partial charge in [-0.1, -0.05) is 5.16 Å². The number of nitrogens with zero attached hydrogens (tertiary/aromatic N) is 4. The summed E-state index contributed by atoms with van der Waals surface area (Å²) in [7, 11) is 1.84. The standard InChI is InChI=1S/C14H15N5O/c1-8-6-10(15)7-11(9(8)2)14-16-13(18-20-14)12-4-5-19(3)17-12/h4-7H,15H2,1-3H3. The van der Waals surface area contributed by atoms with Crippen LogP contribution in [0.25, 0.3) is 23.0 Å². The summed E-state index contributed by atoms with van der Waals surface area (Å²) in [5.41, 5.74) is 10.3. The number of rotatable bonds is 2. The van der Waals surface area contributed by atoms with E-state index in [4.69, 9.17) is 10.3 Å². The maximum Gasteiger partial charge on any atom is 0.258 e. The average molecular weight is 269 g/mol. The van der Waals surface area contributed by atoms with Crippen molar-refractivity contribution in [3.8, 4) is 23.0 Å². The molecule has 0 spiro atoms. The number of hydrogen-bond donors (Lipinski definition) is 1. The molecule has 2 N–H and O–H groups in total. The topological polar surface area (TPSA) is 82.8 Å². The van der Waals surface area contributed by atoms with Gasteiger partial charge >= 0.3 is 0 Å². The first-order valence-corrected chi connectivity index (χ1v) is 6.25. The Labute approximate surface area is 116 Å². The third-order valence-corrected chi connectivity index (χ3v) is 3.29. The molecule has 0 bridgehead atoms. The highest BCUT2D eigenvalue weighted by Crippen LogP contribution is 2.28. The fourth-order valence-electron chi connectivity index (χ4n) is 2.08. The van der Waals surface area contributed by atoms with Crippen LogP contribution < -0.4 is 5.73 Å². The van der Waals surface area contributed by atoms with Crippen molar-refractivity contribution in [2.45, 2.75) is 13.8 Å². The molecule has 0 aliphatic carbocycles.